The van der Waals surface area contributed by atoms with Gasteiger partial charge in [0.1, 0.15) is 5.82 Å². The summed E-state index contributed by atoms with van der Waals surface area (Å²) >= 11 is 7.65. The normalized spacial score (nSPS) is 12.7. The van der Waals surface area contributed by atoms with E-state index in [-0.39, 0.29) is 0 Å². The van der Waals surface area contributed by atoms with Crippen LogP contribution in [0.3, 0.4) is 0 Å². The third kappa shape index (κ3) is 2.68. The fourth-order valence-electron chi connectivity index (χ4n) is 1.43. The van der Waals surface area contributed by atoms with E-state index < -0.39 is 6.10 Å². The predicted octanol–water partition coefficient (Wildman–Crippen LogP) is 2.98. The van der Waals surface area contributed by atoms with Crippen LogP contribution in [0.1, 0.15) is 24.4 Å². The fourth-order valence-corrected chi connectivity index (χ4v) is 2.58. The fraction of sp³-hybridized carbons (Fsp3) is 0.333. The zero-order valence-electron chi connectivity index (χ0n) is 10.4. The summed E-state index contributed by atoms with van der Waals surface area (Å²) in [5.41, 5.74) is 0.804. The molecule has 6 heteroatoms. The highest BCUT2D eigenvalue weighted by Crippen LogP contribution is 2.33. The first-order valence-electron chi connectivity index (χ1n) is 5.50. The number of aliphatic hydroxyl groups is 1. The van der Waals surface area contributed by atoms with Crippen LogP contribution in [0.2, 0.25) is 5.02 Å². The highest BCUT2D eigenvalue weighted by molar-refractivity contribution is 7.99. The van der Waals surface area contributed by atoms with Crippen molar-refractivity contribution in [1.29, 1.82) is 0 Å². The third-order valence-corrected chi connectivity index (χ3v) is 4.23. The van der Waals surface area contributed by atoms with Gasteiger partial charge in [-0.1, -0.05) is 17.7 Å². The summed E-state index contributed by atoms with van der Waals surface area (Å²) in [7, 11) is 1.91. The van der Waals surface area contributed by atoms with Crippen molar-refractivity contribution in [3.8, 4) is 0 Å². The van der Waals surface area contributed by atoms with Gasteiger partial charge in [-0.05, 0) is 43.3 Å². The van der Waals surface area contributed by atoms with Gasteiger partial charge in [-0.25, -0.2) is 0 Å². The molecule has 18 heavy (non-hydrogen) atoms. The minimum Gasteiger partial charge on any atom is -0.389 e. The van der Waals surface area contributed by atoms with Crippen molar-refractivity contribution in [3.05, 3.63) is 34.6 Å². The summed E-state index contributed by atoms with van der Waals surface area (Å²) in [5, 5.41) is 19.0. The molecule has 1 N–H and O–H groups in total. The Balaban J connectivity index is 2.27. The minimum atomic E-state index is -0.515. The molecule has 0 aliphatic carbocycles. The van der Waals surface area contributed by atoms with E-state index in [1.165, 1.54) is 11.8 Å². The Morgan fingerprint density at radius 2 is 2.11 bits per heavy atom. The number of benzene rings is 1. The summed E-state index contributed by atoms with van der Waals surface area (Å²) in [5.74, 6) is 0.856. The maximum atomic E-state index is 9.48. The maximum absolute atomic E-state index is 9.48. The van der Waals surface area contributed by atoms with Crippen LogP contribution in [-0.2, 0) is 7.05 Å². The zero-order valence-corrected chi connectivity index (χ0v) is 12.0. The lowest BCUT2D eigenvalue weighted by Crippen LogP contribution is -1.94. The van der Waals surface area contributed by atoms with Gasteiger partial charge in [0.25, 0.3) is 0 Å². The standard InChI is InChI=1S/C12H14ClN3OS/c1-7(17)9-4-5-11(10(13)6-9)18-12-15-14-8(2)16(12)3/h4-7,17H,1-3H3/t7-/m0/s1. The second-order valence-corrected chi connectivity index (χ2v) is 5.47. The largest absolute Gasteiger partial charge is 0.389 e. The Morgan fingerprint density at radius 3 is 2.61 bits per heavy atom. The van der Waals surface area contributed by atoms with Crippen molar-refractivity contribution >= 4 is 23.4 Å². The lowest BCUT2D eigenvalue weighted by molar-refractivity contribution is 0.199. The monoisotopic (exact) mass is 283 g/mol. The van der Waals surface area contributed by atoms with Crippen molar-refractivity contribution in [3.63, 3.8) is 0 Å². The van der Waals surface area contributed by atoms with E-state index in [2.05, 4.69) is 10.2 Å². The van der Waals surface area contributed by atoms with E-state index in [9.17, 15) is 5.11 Å². The molecule has 0 aliphatic rings. The molecule has 0 fully saturated rings. The second kappa shape index (κ2) is 5.30. The summed E-state index contributed by atoms with van der Waals surface area (Å²) in [6, 6.07) is 5.53. The van der Waals surface area contributed by atoms with Gasteiger partial charge in [0.2, 0.25) is 0 Å². The molecule has 2 aromatic rings. The molecule has 1 aromatic heterocycles. The van der Waals surface area contributed by atoms with Gasteiger partial charge in [0.05, 0.1) is 11.1 Å². The third-order valence-electron chi connectivity index (χ3n) is 2.69. The number of aromatic nitrogens is 3. The molecule has 0 saturated carbocycles. The Hall–Kier alpha value is -1.04. The molecular weight excluding hydrogens is 270 g/mol. The van der Waals surface area contributed by atoms with Crippen molar-refractivity contribution in [1.82, 2.24) is 14.8 Å². The Morgan fingerprint density at radius 1 is 1.39 bits per heavy atom. The molecule has 1 aromatic carbocycles. The number of hydrogen-bond donors (Lipinski definition) is 1. The number of rotatable bonds is 3. The zero-order chi connectivity index (χ0) is 13.3. The van der Waals surface area contributed by atoms with Crippen LogP contribution in [0, 0.1) is 6.92 Å². The van der Waals surface area contributed by atoms with Gasteiger partial charge in [-0.2, -0.15) is 0 Å². The van der Waals surface area contributed by atoms with E-state index in [1.54, 1.807) is 13.0 Å². The van der Waals surface area contributed by atoms with Crippen molar-refractivity contribution in [2.75, 3.05) is 0 Å². The van der Waals surface area contributed by atoms with Gasteiger partial charge < -0.3 is 9.67 Å². The Bertz CT molecular complexity index is 568. The van der Waals surface area contributed by atoms with Crippen LogP contribution >= 0.6 is 23.4 Å². The quantitative estimate of drug-likeness (QED) is 0.941. The predicted molar refractivity (Wildman–Crippen MR) is 71.9 cm³/mol. The van der Waals surface area contributed by atoms with Crippen LogP contribution < -0.4 is 0 Å². The second-order valence-electron chi connectivity index (χ2n) is 4.06. The van der Waals surface area contributed by atoms with E-state index in [0.29, 0.717) is 5.02 Å². The number of nitrogens with zero attached hydrogens (tertiary/aromatic N) is 3. The number of hydrogen-bond acceptors (Lipinski definition) is 4. The molecule has 0 spiro atoms. The molecule has 0 unspecified atom stereocenters. The smallest absolute Gasteiger partial charge is 0.195 e. The lowest BCUT2D eigenvalue weighted by atomic mass is 10.1. The van der Waals surface area contributed by atoms with Crippen molar-refractivity contribution in [2.24, 2.45) is 7.05 Å². The van der Waals surface area contributed by atoms with E-state index in [4.69, 9.17) is 11.6 Å². The molecule has 1 heterocycles. The minimum absolute atomic E-state index is 0.515. The molecule has 0 saturated heterocycles. The number of aryl methyl sites for hydroxylation is 1. The van der Waals surface area contributed by atoms with Gasteiger partial charge in [-0.15, -0.1) is 10.2 Å². The molecular formula is C12H14ClN3OS. The van der Waals surface area contributed by atoms with Crippen LogP contribution in [0.4, 0.5) is 0 Å². The van der Waals surface area contributed by atoms with Gasteiger partial charge in [0.15, 0.2) is 5.16 Å². The highest BCUT2D eigenvalue weighted by Gasteiger charge is 2.11. The van der Waals surface area contributed by atoms with E-state index in [1.807, 2.05) is 30.7 Å². The van der Waals surface area contributed by atoms with Crippen LogP contribution in [0.5, 0.6) is 0 Å². The lowest BCUT2D eigenvalue weighted by Gasteiger charge is -2.08. The molecule has 0 amide bonds. The number of halogens is 1. The Labute approximate surface area is 115 Å². The molecule has 1 atom stereocenters. The average molecular weight is 284 g/mol. The summed E-state index contributed by atoms with van der Waals surface area (Å²) in [6.45, 7) is 3.61. The first-order valence-corrected chi connectivity index (χ1v) is 6.70. The highest BCUT2D eigenvalue weighted by atomic mass is 35.5. The molecule has 96 valence electrons. The van der Waals surface area contributed by atoms with Gasteiger partial charge in [0, 0.05) is 11.9 Å². The van der Waals surface area contributed by atoms with E-state index in [0.717, 1.165) is 21.4 Å². The molecule has 4 nitrogen and oxygen atoms in total. The van der Waals surface area contributed by atoms with Gasteiger partial charge in [-0.3, -0.25) is 0 Å². The SMILES string of the molecule is Cc1nnc(Sc2ccc([C@H](C)O)cc2Cl)n1C. The van der Waals surface area contributed by atoms with Gasteiger partial charge >= 0.3 is 0 Å². The van der Waals surface area contributed by atoms with Crippen molar-refractivity contribution in [2.45, 2.75) is 30.0 Å². The molecule has 0 bridgehead atoms. The first kappa shape index (κ1) is 13.4. The maximum Gasteiger partial charge on any atom is 0.195 e. The van der Waals surface area contributed by atoms with E-state index >= 15 is 0 Å². The summed E-state index contributed by atoms with van der Waals surface area (Å²) in [6.07, 6.45) is -0.515. The topological polar surface area (TPSA) is 50.9 Å². The first-order chi connectivity index (χ1) is 8.49. The van der Waals surface area contributed by atoms with Crippen LogP contribution in [0.25, 0.3) is 0 Å². The molecule has 0 aliphatic heterocycles. The molecule has 0 radical (unpaired) electrons. The molecule has 2 rings (SSSR count). The summed E-state index contributed by atoms with van der Waals surface area (Å²) in [4.78, 5) is 0.900. The average Bonchev–Trinajstić information content (AvgIpc) is 2.63. The summed E-state index contributed by atoms with van der Waals surface area (Å²) < 4.78 is 1.91. The van der Waals surface area contributed by atoms with Crippen LogP contribution in [0.15, 0.2) is 28.3 Å². The van der Waals surface area contributed by atoms with Crippen molar-refractivity contribution < 1.29 is 5.11 Å². The van der Waals surface area contributed by atoms with Crippen LogP contribution in [-0.4, -0.2) is 19.9 Å². The number of aliphatic hydroxyl groups excluding tert-OH is 1. The Kier molecular flexibility index (Phi) is 3.94.